The van der Waals surface area contributed by atoms with Crippen LogP contribution >= 0.6 is 11.6 Å². The Morgan fingerprint density at radius 3 is 2.80 bits per heavy atom. The van der Waals surface area contributed by atoms with Gasteiger partial charge in [0.2, 0.25) is 0 Å². The minimum absolute atomic E-state index is 0.0452. The van der Waals surface area contributed by atoms with Crippen LogP contribution in [0.4, 0.5) is 18.9 Å². The Balaban J connectivity index is 1.95. The first-order valence-electron chi connectivity index (χ1n) is 5.89. The molecule has 0 unspecified atom stereocenters. The Bertz CT molecular complexity index is 589. The minimum Gasteiger partial charge on any atom is -0.381 e. The van der Waals surface area contributed by atoms with Crippen LogP contribution < -0.4 is 5.32 Å². The van der Waals surface area contributed by atoms with Crippen LogP contribution in [0.3, 0.4) is 0 Å². The number of fused-ring (bicyclic) bond motifs is 1. The summed E-state index contributed by atoms with van der Waals surface area (Å²) < 4.78 is 40.2. The predicted octanol–water partition coefficient (Wildman–Crippen LogP) is 3.88. The molecule has 0 atom stereocenters. The first-order chi connectivity index (χ1) is 9.47. The van der Waals surface area contributed by atoms with Gasteiger partial charge in [0.25, 0.3) is 0 Å². The molecule has 20 heavy (non-hydrogen) atoms. The number of rotatable bonds is 5. The highest BCUT2D eigenvalue weighted by atomic mass is 35.5. The molecule has 0 amide bonds. The molecule has 0 aliphatic carbocycles. The minimum atomic E-state index is -4.30. The average Bonchev–Trinajstić information content (AvgIpc) is 2.40. The van der Waals surface area contributed by atoms with Crippen molar-refractivity contribution >= 4 is 28.2 Å². The summed E-state index contributed by atoms with van der Waals surface area (Å²) in [4.78, 5) is 4.21. The van der Waals surface area contributed by atoms with Gasteiger partial charge in [-0.25, -0.2) is 0 Å². The number of nitrogens with zero attached hydrogens (tertiary/aromatic N) is 1. The van der Waals surface area contributed by atoms with Crippen molar-refractivity contribution < 1.29 is 17.9 Å². The Labute approximate surface area is 118 Å². The van der Waals surface area contributed by atoms with E-state index in [9.17, 15) is 13.2 Å². The van der Waals surface area contributed by atoms with Crippen LogP contribution in [-0.4, -0.2) is 30.9 Å². The molecule has 1 heterocycles. The van der Waals surface area contributed by atoms with Crippen molar-refractivity contribution in [3.05, 3.63) is 35.5 Å². The third-order valence-corrected chi connectivity index (χ3v) is 2.87. The predicted molar refractivity (Wildman–Crippen MR) is 72.1 cm³/mol. The van der Waals surface area contributed by atoms with E-state index in [0.29, 0.717) is 16.2 Å². The molecule has 108 valence electrons. The summed E-state index contributed by atoms with van der Waals surface area (Å²) >= 11 is 6.05. The smallest absolute Gasteiger partial charge is 0.381 e. The largest absolute Gasteiger partial charge is 0.411 e. The van der Waals surface area contributed by atoms with E-state index < -0.39 is 12.8 Å². The number of benzene rings is 1. The number of ether oxygens (including phenoxy) is 1. The second-order valence-corrected chi connectivity index (χ2v) is 4.50. The van der Waals surface area contributed by atoms with Crippen molar-refractivity contribution in [2.24, 2.45) is 0 Å². The van der Waals surface area contributed by atoms with Gasteiger partial charge in [0.05, 0.1) is 22.8 Å². The lowest BCUT2D eigenvalue weighted by Crippen LogP contribution is -2.20. The van der Waals surface area contributed by atoms with E-state index in [1.165, 1.54) is 0 Å². The van der Waals surface area contributed by atoms with Crippen LogP contribution in [0.15, 0.2) is 30.5 Å². The molecule has 1 N–H and O–H groups in total. The van der Waals surface area contributed by atoms with Crippen LogP contribution in [0, 0.1) is 0 Å². The average molecular weight is 305 g/mol. The van der Waals surface area contributed by atoms with Gasteiger partial charge in [-0.2, -0.15) is 13.2 Å². The van der Waals surface area contributed by atoms with Gasteiger partial charge in [0, 0.05) is 18.1 Å². The number of aromatic nitrogens is 1. The lowest BCUT2D eigenvalue weighted by atomic mass is 10.2. The van der Waals surface area contributed by atoms with Gasteiger partial charge < -0.3 is 10.1 Å². The number of hydrogen-bond acceptors (Lipinski definition) is 3. The zero-order chi connectivity index (χ0) is 14.6. The van der Waals surface area contributed by atoms with Gasteiger partial charge in [-0.1, -0.05) is 11.6 Å². The molecule has 7 heteroatoms. The summed E-state index contributed by atoms with van der Waals surface area (Å²) in [6.07, 6.45) is -2.67. The van der Waals surface area contributed by atoms with Gasteiger partial charge in [-0.05, 0) is 24.3 Å². The van der Waals surface area contributed by atoms with E-state index in [-0.39, 0.29) is 13.2 Å². The Morgan fingerprint density at radius 1 is 1.25 bits per heavy atom. The highest BCUT2D eigenvalue weighted by molar-refractivity contribution is 6.35. The molecule has 0 bridgehead atoms. The summed E-state index contributed by atoms with van der Waals surface area (Å²) in [5.41, 5.74) is 1.39. The molecular formula is C13H12ClF3N2O. The molecule has 0 saturated heterocycles. The Hall–Kier alpha value is -1.53. The number of hydrogen-bond donors (Lipinski definition) is 1. The topological polar surface area (TPSA) is 34.1 Å². The van der Waals surface area contributed by atoms with E-state index in [4.69, 9.17) is 11.6 Å². The highest BCUT2D eigenvalue weighted by Crippen LogP contribution is 2.27. The van der Waals surface area contributed by atoms with E-state index in [2.05, 4.69) is 15.0 Å². The van der Waals surface area contributed by atoms with Crippen LogP contribution in [-0.2, 0) is 4.74 Å². The number of halogens is 4. The quantitative estimate of drug-likeness (QED) is 0.851. The zero-order valence-corrected chi connectivity index (χ0v) is 11.1. The Kier molecular flexibility index (Phi) is 4.67. The number of nitrogens with one attached hydrogen (secondary N) is 1. The maximum atomic E-state index is 11.9. The molecule has 0 radical (unpaired) electrons. The lowest BCUT2D eigenvalue weighted by Gasteiger charge is -2.11. The first-order valence-corrected chi connectivity index (χ1v) is 6.27. The number of pyridine rings is 1. The molecule has 0 spiro atoms. The van der Waals surface area contributed by atoms with Crippen molar-refractivity contribution in [3.8, 4) is 0 Å². The fraction of sp³-hybridized carbons (Fsp3) is 0.308. The van der Waals surface area contributed by atoms with Crippen molar-refractivity contribution in [3.63, 3.8) is 0 Å². The summed E-state index contributed by atoms with van der Waals surface area (Å²) in [6, 6.07) is 7.05. The van der Waals surface area contributed by atoms with Gasteiger partial charge in [0.15, 0.2) is 0 Å². The van der Waals surface area contributed by atoms with Crippen LogP contribution in [0.1, 0.15) is 0 Å². The van der Waals surface area contributed by atoms with E-state index >= 15 is 0 Å². The zero-order valence-electron chi connectivity index (χ0n) is 10.4. The normalized spacial score (nSPS) is 11.8. The second-order valence-electron chi connectivity index (χ2n) is 4.09. The molecule has 0 aliphatic rings. The lowest BCUT2D eigenvalue weighted by molar-refractivity contribution is -0.172. The molecule has 3 nitrogen and oxygen atoms in total. The van der Waals surface area contributed by atoms with E-state index in [1.54, 1.807) is 24.4 Å². The van der Waals surface area contributed by atoms with Crippen molar-refractivity contribution in [1.82, 2.24) is 4.98 Å². The SMILES string of the molecule is FC(F)(F)COCCNc1ccc(Cl)c2cccnc12. The third-order valence-electron chi connectivity index (χ3n) is 2.54. The van der Waals surface area contributed by atoms with Crippen LogP contribution in [0.2, 0.25) is 5.02 Å². The molecule has 1 aromatic heterocycles. The van der Waals surface area contributed by atoms with Crippen molar-refractivity contribution in [2.45, 2.75) is 6.18 Å². The van der Waals surface area contributed by atoms with Crippen LogP contribution in [0.25, 0.3) is 10.9 Å². The summed E-state index contributed by atoms with van der Waals surface area (Å²) in [6.45, 7) is -1.03. The fourth-order valence-electron chi connectivity index (χ4n) is 1.73. The molecule has 1 aromatic carbocycles. The number of anilines is 1. The van der Waals surface area contributed by atoms with Gasteiger partial charge in [0.1, 0.15) is 6.61 Å². The first kappa shape index (κ1) is 14.9. The summed E-state index contributed by atoms with van der Waals surface area (Å²) in [5, 5.41) is 4.35. The molecule has 2 rings (SSSR count). The fourth-order valence-corrected chi connectivity index (χ4v) is 1.94. The van der Waals surface area contributed by atoms with E-state index in [0.717, 1.165) is 5.39 Å². The maximum Gasteiger partial charge on any atom is 0.411 e. The second kappa shape index (κ2) is 6.28. The molecule has 0 fully saturated rings. The molecule has 2 aromatic rings. The monoisotopic (exact) mass is 304 g/mol. The summed E-state index contributed by atoms with van der Waals surface area (Å²) in [5.74, 6) is 0. The Morgan fingerprint density at radius 2 is 2.05 bits per heavy atom. The summed E-state index contributed by atoms with van der Waals surface area (Å²) in [7, 11) is 0. The van der Waals surface area contributed by atoms with Gasteiger partial charge in [-0.3, -0.25) is 4.98 Å². The standard InChI is InChI=1S/C13H12ClF3N2O/c14-10-3-4-11(12-9(10)2-1-5-19-12)18-6-7-20-8-13(15,16)17/h1-5,18H,6-8H2. The maximum absolute atomic E-state index is 11.9. The molecule has 0 aliphatic heterocycles. The number of alkyl halides is 3. The third kappa shape index (κ3) is 3.98. The van der Waals surface area contributed by atoms with Crippen LogP contribution in [0.5, 0.6) is 0 Å². The molecular weight excluding hydrogens is 293 g/mol. The molecule has 0 saturated carbocycles. The van der Waals surface area contributed by atoms with Crippen molar-refractivity contribution in [1.29, 1.82) is 0 Å². The van der Waals surface area contributed by atoms with Gasteiger partial charge in [-0.15, -0.1) is 0 Å². The highest BCUT2D eigenvalue weighted by Gasteiger charge is 2.27. The van der Waals surface area contributed by atoms with E-state index in [1.807, 2.05) is 6.07 Å². The van der Waals surface area contributed by atoms with Crippen molar-refractivity contribution in [2.75, 3.05) is 25.1 Å². The van der Waals surface area contributed by atoms with Gasteiger partial charge >= 0.3 is 6.18 Å².